The van der Waals surface area contributed by atoms with Crippen molar-refractivity contribution in [3.8, 4) is 0 Å². The molecule has 8 nitrogen and oxygen atoms in total. The molecule has 4 aromatic rings. The fourth-order valence-electron chi connectivity index (χ4n) is 4.30. The zero-order valence-electron chi connectivity index (χ0n) is 19.1. The summed E-state index contributed by atoms with van der Waals surface area (Å²) in [6.45, 7) is 1.42. The zero-order valence-corrected chi connectivity index (χ0v) is 19.9. The Morgan fingerprint density at radius 2 is 1.92 bits per heavy atom. The highest BCUT2D eigenvalue weighted by Gasteiger charge is 2.27. The van der Waals surface area contributed by atoms with Gasteiger partial charge in [-0.2, -0.15) is 0 Å². The summed E-state index contributed by atoms with van der Waals surface area (Å²) in [7, 11) is 0. The van der Waals surface area contributed by atoms with E-state index in [-0.39, 0.29) is 33.1 Å². The maximum absolute atomic E-state index is 14.3. The van der Waals surface area contributed by atoms with Gasteiger partial charge in [-0.1, -0.05) is 17.4 Å². The first-order valence-electron chi connectivity index (χ1n) is 11.4. The molecule has 1 aliphatic heterocycles. The van der Waals surface area contributed by atoms with Gasteiger partial charge in [0.1, 0.15) is 17.0 Å². The summed E-state index contributed by atoms with van der Waals surface area (Å²) in [6, 6.07) is 11.5. The first-order chi connectivity index (χ1) is 17.4. The van der Waals surface area contributed by atoms with Gasteiger partial charge >= 0.3 is 0 Å². The molecule has 0 radical (unpaired) electrons. The number of fused-ring (bicyclic) bond motifs is 1. The van der Waals surface area contributed by atoms with Gasteiger partial charge in [-0.05, 0) is 49.6 Å². The molecule has 1 amide bonds. The molecular weight excluding hydrogens is 488 g/mol. The number of hydrogen-bond donors (Lipinski definition) is 0. The van der Waals surface area contributed by atoms with Crippen molar-refractivity contribution in [1.29, 1.82) is 0 Å². The van der Waals surface area contributed by atoms with Gasteiger partial charge in [-0.3, -0.25) is 24.8 Å². The molecule has 184 valence electrons. The molecule has 11 heteroatoms. The molecule has 2 aromatic heterocycles. The number of anilines is 2. The standard InChI is InChI=1S/C25H21F2N5O3S/c26-17-13-19(27)23-22(14-17)36-25(29-23)31(15-18-6-2-3-9-28-18)24(33)16-7-8-20(21(12-16)32(34)35)30-10-4-1-5-11-30/h2-3,6-9,12-14H,1,4-5,10-11,15H2. The monoisotopic (exact) mass is 509 g/mol. The van der Waals surface area contributed by atoms with Crippen molar-refractivity contribution in [1.82, 2.24) is 9.97 Å². The minimum Gasteiger partial charge on any atom is -0.366 e. The molecule has 0 bridgehead atoms. The van der Waals surface area contributed by atoms with E-state index in [1.54, 1.807) is 36.5 Å². The fraction of sp³-hybridized carbons (Fsp3) is 0.240. The van der Waals surface area contributed by atoms with Gasteiger partial charge in [0.2, 0.25) is 0 Å². The Morgan fingerprint density at radius 1 is 1.11 bits per heavy atom. The summed E-state index contributed by atoms with van der Waals surface area (Å²) in [5.41, 5.74) is 0.894. The maximum Gasteiger partial charge on any atom is 0.293 e. The third-order valence-corrected chi connectivity index (χ3v) is 7.07. The SMILES string of the molecule is O=C(c1ccc(N2CCCCC2)c([N+](=O)[O-])c1)N(Cc1ccccn1)c1nc2c(F)cc(F)cc2s1. The van der Waals surface area contributed by atoms with Gasteiger partial charge in [0.15, 0.2) is 10.9 Å². The minimum absolute atomic E-state index is 0.00866. The lowest BCUT2D eigenvalue weighted by Crippen LogP contribution is -2.32. The van der Waals surface area contributed by atoms with Crippen LogP contribution in [0.3, 0.4) is 0 Å². The van der Waals surface area contributed by atoms with Gasteiger partial charge < -0.3 is 4.90 Å². The van der Waals surface area contributed by atoms with Gasteiger partial charge in [0.05, 0.1) is 21.9 Å². The number of nitro benzene ring substituents is 1. The van der Waals surface area contributed by atoms with Crippen LogP contribution >= 0.6 is 11.3 Å². The van der Waals surface area contributed by atoms with Crippen LogP contribution in [0.4, 0.5) is 25.3 Å². The van der Waals surface area contributed by atoms with E-state index in [1.165, 1.54) is 11.0 Å². The Labute approximate surface area is 209 Å². The number of nitrogens with zero attached hydrogens (tertiary/aromatic N) is 5. The van der Waals surface area contributed by atoms with Gasteiger partial charge in [0, 0.05) is 37.0 Å². The maximum atomic E-state index is 14.3. The first kappa shape index (κ1) is 23.7. The molecule has 1 fully saturated rings. The third kappa shape index (κ3) is 4.74. The number of nitro groups is 1. The average molecular weight is 510 g/mol. The number of hydrogen-bond acceptors (Lipinski definition) is 7. The number of piperidine rings is 1. The Bertz CT molecular complexity index is 1440. The summed E-state index contributed by atoms with van der Waals surface area (Å²) in [6.07, 6.45) is 4.55. The molecule has 1 saturated heterocycles. The van der Waals surface area contributed by atoms with E-state index in [0.717, 1.165) is 42.7 Å². The predicted molar refractivity (Wildman–Crippen MR) is 133 cm³/mol. The average Bonchev–Trinajstić information content (AvgIpc) is 3.32. The number of pyridine rings is 1. The van der Waals surface area contributed by atoms with Crippen molar-refractivity contribution in [3.05, 3.63) is 87.7 Å². The molecule has 0 aliphatic carbocycles. The second-order valence-electron chi connectivity index (χ2n) is 8.45. The first-order valence-corrected chi connectivity index (χ1v) is 12.2. The van der Waals surface area contributed by atoms with E-state index in [1.807, 2.05) is 4.90 Å². The molecule has 36 heavy (non-hydrogen) atoms. The number of benzene rings is 2. The molecule has 0 saturated carbocycles. The molecule has 0 N–H and O–H groups in total. The highest BCUT2D eigenvalue weighted by Crippen LogP contribution is 2.35. The van der Waals surface area contributed by atoms with Crippen LogP contribution < -0.4 is 9.80 Å². The van der Waals surface area contributed by atoms with Crippen molar-refractivity contribution < 1.29 is 18.5 Å². The minimum atomic E-state index is -0.834. The van der Waals surface area contributed by atoms with Crippen molar-refractivity contribution in [2.24, 2.45) is 0 Å². The normalized spacial score (nSPS) is 13.7. The summed E-state index contributed by atoms with van der Waals surface area (Å²) in [5.74, 6) is -2.14. The number of rotatable bonds is 6. The summed E-state index contributed by atoms with van der Waals surface area (Å²) >= 11 is 0.956. The van der Waals surface area contributed by atoms with Crippen LogP contribution in [0.15, 0.2) is 54.7 Å². The van der Waals surface area contributed by atoms with Crippen molar-refractivity contribution in [2.45, 2.75) is 25.8 Å². The lowest BCUT2D eigenvalue weighted by Gasteiger charge is -2.28. The summed E-state index contributed by atoms with van der Waals surface area (Å²) in [4.78, 5) is 36.9. The summed E-state index contributed by atoms with van der Waals surface area (Å²) < 4.78 is 28.4. The van der Waals surface area contributed by atoms with Crippen LogP contribution in [0.2, 0.25) is 0 Å². The fourth-order valence-corrected chi connectivity index (χ4v) is 5.30. The Kier molecular flexibility index (Phi) is 6.55. The van der Waals surface area contributed by atoms with Crippen LogP contribution in [0.1, 0.15) is 35.3 Å². The number of carbonyl (C=O) groups excluding carboxylic acids is 1. The smallest absolute Gasteiger partial charge is 0.293 e. The molecule has 1 aliphatic rings. The van der Waals surface area contributed by atoms with Crippen molar-refractivity contribution in [3.63, 3.8) is 0 Å². The van der Waals surface area contributed by atoms with Crippen molar-refractivity contribution in [2.75, 3.05) is 22.9 Å². The molecule has 2 aromatic carbocycles. The Hall–Kier alpha value is -3.99. The molecule has 0 spiro atoms. The second kappa shape index (κ2) is 9.94. The van der Waals surface area contributed by atoms with Crippen LogP contribution in [0.5, 0.6) is 0 Å². The van der Waals surface area contributed by atoms with E-state index in [2.05, 4.69) is 9.97 Å². The Morgan fingerprint density at radius 3 is 2.64 bits per heavy atom. The molecule has 0 unspecified atom stereocenters. The van der Waals surface area contributed by atoms with E-state index >= 15 is 0 Å². The van der Waals surface area contributed by atoms with Gasteiger partial charge in [-0.15, -0.1) is 0 Å². The number of thiazole rings is 1. The van der Waals surface area contributed by atoms with Crippen LogP contribution in [-0.2, 0) is 6.54 Å². The second-order valence-corrected chi connectivity index (χ2v) is 9.46. The Balaban J connectivity index is 1.56. The van der Waals surface area contributed by atoms with E-state index < -0.39 is 22.5 Å². The van der Waals surface area contributed by atoms with Crippen molar-refractivity contribution >= 4 is 44.0 Å². The summed E-state index contributed by atoms with van der Waals surface area (Å²) in [5, 5.41) is 12.0. The van der Waals surface area contributed by atoms with E-state index in [0.29, 0.717) is 24.5 Å². The number of amides is 1. The van der Waals surface area contributed by atoms with Crippen LogP contribution in [0.25, 0.3) is 10.2 Å². The number of halogens is 2. The van der Waals surface area contributed by atoms with E-state index in [9.17, 15) is 23.7 Å². The topological polar surface area (TPSA) is 92.5 Å². The van der Waals surface area contributed by atoms with E-state index in [4.69, 9.17) is 0 Å². The van der Waals surface area contributed by atoms with Gasteiger partial charge in [0.25, 0.3) is 11.6 Å². The highest BCUT2D eigenvalue weighted by atomic mass is 32.1. The third-order valence-electron chi connectivity index (χ3n) is 6.04. The lowest BCUT2D eigenvalue weighted by atomic mass is 10.1. The van der Waals surface area contributed by atoms with Crippen LogP contribution in [-0.4, -0.2) is 33.9 Å². The molecule has 5 rings (SSSR count). The predicted octanol–water partition coefficient (Wildman–Crippen LogP) is 5.72. The number of carbonyl (C=O) groups is 1. The highest BCUT2D eigenvalue weighted by molar-refractivity contribution is 7.22. The molecule has 0 atom stereocenters. The van der Waals surface area contributed by atoms with Gasteiger partial charge in [-0.25, -0.2) is 13.8 Å². The molecule has 3 heterocycles. The largest absolute Gasteiger partial charge is 0.366 e. The quantitative estimate of drug-likeness (QED) is 0.244. The zero-order chi connectivity index (χ0) is 25.2. The molecular formula is C25H21F2N5O3S. The lowest BCUT2D eigenvalue weighted by molar-refractivity contribution is -0.384. The number of aromatic nitrogens is 2. The van der Waals surface area contributed by atoms with Crippen LogP contribution in [0, 0.1) is 21.7 Å².